The Morgan fingerprint density at radius 2 is 2.09 bits per heavy atom. The predicted octanol–water partition coefficient (Wildman–Crippen LogP) is 3.46. The largest absolute Gasteiger partial charge is 0.463 e. The molecular weight excluding hydrogens is 302 g/mol. The quantitative estimate of drug-likeness (QED) is 0.535. The van der Waals surface area contributed by atoms with Gasteiger partial charge < -0.3 is 9.15 Å². The molecule has 2 aromatic heterocycles. The smallest absolute Gasteiger partial charge is 0.308 e. The standard InChI is InChI=1S/C16H13NO4S/c1-8-4-11(21-10(3)18)5-14-15(8)16(19)12(6-20-14)13-7-22-9(2)17-13/h4-7H,1-3H3. The van der Waals surface area contributed by atoms with Gasteiger partial charge in [0.05, 0.1) is 21.7 Å². The number of aryl methyl sites for hydroxylation is 2. The van der Waals surface area contributed by atoms with E-state index in [0.717, 1.165) is 5.01 Å². The monoisotopic (exact) mass is 315 g/mol. The van der Waals surface area contributed by atoms with Crippen molar-refractivity contribution in [2.45, 2.75) is 20.8 Å². The van der Waals surface area contributed by atoms with Gasteiger partial charge in [-0.05, 0) is 25.5 Å². The summed E-state index contributed by atoms with van der Waals surface area (Å²) in [6.07, 6.45) is 1.40. The summed E-state index contributed by atoms with van der Waals surface area (Å²) >= 11 is 1.48. The highest BCUT2D eigenvalue weighted by Crippen LogP contribution is 2.26. The molecule has 0 N–H and O–H groups in total. The lowest BCUT2D eigenvalue weighted by atomic mass is 10.1. The SMILES string of the molecule is CC(=O)Oc1cc(C)c2c(=O)c(-c3csc(C)n3)coc2c1. The number of nitrogens with zero attached hydrogens (tertiary/aromatic N) is 1. The van der Waals surface area contributed by atoms with Crippen molar-refractivity contribution in [1.29, 1.82) is 0 Å². The first-order chi connectivity index (χ1) is 10.5. The van der Waals surface area contributed by atoms with Crippen molar-refractivity contribution < 1.29 is 13.9 Å². The number of carbonyl (C=O) groups excluding carboxylic acids is 1. The van der Waals surface area contributed by atoms with Crippen LogP contribution in [0.15, 0.2) is 33.0 Å². The second-order valence-corrected chi connectivity index (χ2v) is 6.00. The fraction of sp³-hybridized carbons (Fsp3) is 0.188. The molecule has 0 atom stereocenters. The molecule has 0 fully saturated rings. The summed E-state index contributed by atoms with van der Waals surface area (Å²) in [4.78, 5) is 28.1. The summed E-state index contributed by atoms with van der Waals surface area (Å²) in [7, 11) is 0. The highest BCUT2D eigenvalue weighted by atomic mass is 32.1. The van der Waals surface area contributed by atoms with E-state index in [9.17, 15) is 9.59 Å². The normalized spacial score (nSPS) is 10.9. The van der Waals surface area contributed by atoms with Gasteiger partial charge in [-0.15, -0.1) is 11.3 Å². The summed E-state index contributed by atoms with van der Waals surface area (Å²) in [5.41, 5.74) is 1.98. The van der Waals surface area contributed by atoms with Gasteiger partial charge in [-0.1, -0.05) is 0 Å². The number of benzene rings is 1. The summed E-state index contributed by atoms with van der Waals surface area (Å²) in [6.45, 7) is 4.99. The maximum atomic E-state index is 12.7. The van der Waals surface area contributed by atoms with E-state index in [2.05, 4.69) is 4.98 Å². The number of carbonyl (C=O) groups is 1. The van der Waals surface area contributed by atoms with Crippen molar-refractivity contribution in [3.05, 3.63) is 44.6 Å². The number of hydrogen-bond acceptors (Lipinski definition) is 6. The van der Waals surface area contributed by atoms with Gasteiger partial charge in [0, 0.05) is 18.4 Å². The van der Waals surface area contributed by atoms with E-state index in [-0.39, 0.29) is 5.43 Å². The lowest BCUT2D eigenvalue weighted by molar-refractivity contribution is -0.131. The molecular formula is C16H13NO4S. The zero-order valence-electron chi connectivity index (χ0n) is 12.3. The molecule has 5 nitrogen and oxygen atoms in total. The highest BCUT2D eigenvalue weighted by Gasteiger charge is 2.15. The zero-order valence-corrected chi connectivity index (χ0v) is 13.1. The van der Waals surface area contributed by atoms with E-state index in [1.54, 1.807) is 19.1 Å². The molecule has 0 spiro atoms. The van der Waals surface area contributed by atoms with Crippen LogP contribution in [0.25, 0.3) is 22.2 Å². The van der Waals surface area contributed by atoms with E-state index in [1.807, 2.05) is 12.3 Å². The minimum Gasteiger partial charge on any atom is -0.463 e. The lowest BCUT2D eigenvalue weighted by Crippen LogP contribution is -2.08. The lowest BCUT2D eigenvalue weighted by Gasteiger charge is -2.06. The number of hydrogen-bond donors (Lipinski definition) is 0. The fourth-order valence-electron chi connectivity index (χ4n) is 2.31. The molecule has 0 bridgehead atoms. The van der Waals surface area contributed by atoms with E-state index in [4.69, 9.17) is 9.15 Å². The molecule has 1 aromatic carbocycles. The summed E-state index contributed by atoms with van der Waals surface area (Å²) in [5, 5.41) is 3.19. The Morgan fingerprint density at radius 3 is 2.73 bits per heavy atom. The third kappa shape index (κ3) is 2.53. The summed E-state index contributed by atoms with van der Waals surface area (Å²) in [5.74, 6) is -0.0615. The Bertz CT molecular complexity index is 939. The van der Waals surface area contributed by atoms with Gasteiger partial charge in [0.2, 0.25) is 5.43 Å². The molecule has 0 aliphatic carbocycles. The Kier molecular flexibility index (Phi) is 3.54. The van der Waals surface area contributed by atoms with E-state index >= 15 is 0 Å². The molecule has 0 aliphatic rings. The summed E-state index contributed by atoms with van der Waals surface area (Å²) < 4.78 is 10.6. The molecule has 112 valence electrons. The number of rotatable bonds is 2. The van der Waals surface area contributed by atoms with Crippen LogP contribution in [0, 0.1) is 13.8 Å². The third-order valence-electron chi connectivity index (χ3n) is 3.20. The first-order valence-electron chi connectivity index (χ1n) is 6.63. The minimum atomic E-state index is -0.421. The number of ether oxygens (including phenoxy) is 1. The van der Waals surface area contributed by atoms with E-state index in [1.165, 1.54) is 24.5 Å². The van der Waals surface area contributed by atoms with E-state index < -0.39 is 5.97 Å². The number of thiazole rings is 1. The Morgan fingerprint density at radius 1 is 1.32 bits per heavy atom. The van der Waals surface area contributed by atoms with Crippen LogP contribution < -0.4 is 10.2 Å². The van der Waals surface area contributed by atoms with Gasteiger partial charge in [-0.2, -0.15) is 0 Å². The van der Waals surface area contributed by atoms with Gasteiger partial charge in [-0.3, -0.25) is 9.59 Å². The van der Waals surface area contributed by atoms with Crippen molar-refractivity contribution in [1.82, 2.24) is 4.98 Å². The fourth-order valence-corrected chi connectivity index (χ4v) is 2.92. The Balaban J connectivity index is 2.21. The van der Waals surface area contributed by atoms with Crippen molar-refractivity contribution in [2.24, 2.45) is 0 Å². The Labute approximate surface area is 130 Å². The van der Waals surface area contributed by atoms with Gasteiger partial charge in [-0.25, -0.2) is 4.98 Å². The van der Waals surface area contributed by atoms with Crippen LogP contribution in [0.4, 0.5) is 0 Å². The molecule has 0 saturated carbocycles. The van der Waals surface area contributed by atoms with Gasteiger partial charge in [0.25, 0.3) is 0 Å². The number of aromatic nitrogens is 1. The molecule has 0 aliphatic heterocycles. The highest BCUT2D eigenvalue weighted by molar-refractivity contribution is 7.09. The van der Waals surface area contributed by atoms with Gasteiger partial charge in [0.15, 0.2) is 0 Å². The Hall–Kier alpha value is -2.47. The number of esters is 1. The van der Waals surface area contributed by atoms with Crippen LogP contribution in [0.5, 0.6) is 5.75 Å². The molecule has 22 heavy (non-hydrogen) atoms. The second kappa shape index (κ2) is 5.38. The van der Waals surface area contributed by atoms with Crippen molar-refractivity contribution in [3.63, 3.8) is 0 Å². The molecule has 3 aromatic rings. The van der Waals surface area contributed by atoms with Crippen LogP contribution in [0.1, 0.15) is 17.5 Å². The molecule has 6 heteroatoms. The number of fused-ring (bicyclic) bond motifs is 1. The van der Waals surface area contributed by atoms with Crippen LogP contribution in [0.3, 0.4) is 0 Å². The maximum Gasteiger partial charge on any atom is 0.308 e. The average Bonchev–Trinajstić information content (AvgIpc) is 2.84. The predicted molar refractivity (Wildman–Crippen MR) is 84.4 cm³/mol. The summed E-state index contributed by atoms with van der Waals surface area (Å²) in [6, 6.07) is 3.19. The topological polar surface area (TPSA) is 69.4 Å². The minimum absolute atomic E-state index is 0.140. The van der Waals surface area contributed by atoms with Crippen LogP contribution in [0.2, 0.25) is 0 Å². The van der Waals surface area contributed by atoms with Crippen molar-refractivity contribution in [2.75, 3.05) is 0 Å². The van der Waals surface area contributed by atoms with Crippen LogP contribution >= 0.6 is 11.3 Å². The molecule has 0 amide bonds. The second-order valence-electron chi connectivity index (χ2n) is 4.94. The molecule has 3 rings (SSSR count). The molecule has 0 unspecified atom stereocenters. The van der Waals surface area contributed by atoms with Gasteiger partial charge >= 0.3 is 5.97 Å². The van der Waals surface area contributed by atoms with E-state index in [0.29, 0.717) is 33.5 Å². The molecule has 0 saturated heterocycles. The first-order valence-corrected chi connectivity index (χ1v) is 7.51. The van der Waals surface area contributed by atoms with Gasteiger partial charge in [0.1, 0.15) is 17.6 Å². The third-order valence-corrected chi connectivity index (χ3v) is 3.98. The average molecular weight is 315 g/mol. The zero-order chi connectivity index (χ0) is 15.9. The maximum absolute atomic E-state index is 12.7. The first kappa shape index (κ1) is 14.5. The van der Waals surface area contributed by atoms with Crippen LogP contribution in [-0.2, 0) is 4.79 Å². The van der Waals surface area contributed by atoms with Crippen molar-refractivity contribution in [3.8, 4) is 17.0 Å². The molecule has 0 radical (unpaired) electrons. The van der Waals surface area contributed by atoms with Crippen LogP contribution in [-0.4, -0.2) is 11.0 Å². The molecule has 2 heterocycles. The van der Waals surface area contributed by atoms with Crippen molar-refractivity contribution >= 4 is 28.3 Å².